The summed E-state index contributed by atoms with van der Waals surface area (Å²) in [4.78, 5) is 14.0. The van der Waals surface area contributed by atoms with E-state index < -0.39 is 0 Å². The summed E-state index contributed by atoms with van der Waals surface area (Å²) in [6, 6.07) is 7.88. The summed E-state index contributed by atoms with van der Waals surface area (Å²) in [5.41, 5.74) is 9.21. The number of hydrogen-bond donors (Lipinski definition) is 1. The third-order valence-electron chi connectivity index (χ3n) is 5.07. The molecule has 4 rings (SSSR count). The number of rotatable bonds is 4. The molecule has 3 heterocycles. The van der Waals surface area contributed by atoms with Crippen LogP contribution in [-0.4, -0.2) is 51.1 Å². The van der Waals surface area contributed by atoms with Gasteiger partial charge in [0.15, 0.2) is 0 Å². The summed E-state index contributed by atoms with van der Waals surface area (Å²) >= 11 is 0. The lowest BCUT2D eigenvalue weighted by Gasteiger charge is -2.34. The van der Waals surface area contributed by atoms with Crippen LogP contribution in [0.5, 0.6) is 0 Å². The Kier molecular flexibility index (Phi) is 4.57. The van der Waals surface area contributed by atoms with E-state index >= 15 is 0 Å². The van der Waals surface area contributed by atoms with E-state index in [4.69, 9.17) is 10.3 Å². The van der Waals surface area contributed by atoms with Gasteiger partial charge in [-0.3, -0.25) is 9.80 Å². The number of anilines is 1. The molecule has 1 aliphatic heterocycles. The van der Waals surface area contributed by atoms with Crippen LogP contribution in [0.4, 0.5) is 5.82 Å². The zero-order valence-corrected chi connectivity index (χ0v) is 15.3. The Labute approximate surface area is 152 Å². The standard InChI is InChI=1S/C19H24N6O/c1-13-16(14(2)26-23-13)11-24-7-9-25(10-8-24)12-18-21-17-6-4-3-5-15(17)19(20)22-18/h3-6H,7-12H2,1-2H3,(H2,20,21,22). The molecule has 7 heteroatoms. The van der Waals surface area contributed by atoms with Crippen molar-refractivity contribution in [3.8, 4) is 0 Å². The molecule has 0 radical (unpaired) electrons. The number of fused-ring (bicyclic) bond motifs is 1. The average molecular weight is 352 g/mol. The van der Waals surface area contributed by atoms with Crippen LogP contribution in [0.15, 0.2) is 28.8 Å². The predicted octanol–water partition coefficient (Wildman–Crippen LogP) is 2.13. The summed E-state index contributed by atoms with van der Waals surface area (Å²) in [7, 11) is 0. The number of nitrogens with two attached hydrogens (primary N) is 1. The Morgan fingerprint density at radius 1 is 1.00 bits per heavy atom. The molecule has 0 spiro atoms. The number of benzene rings is 1. The van der Waals surface area contributed by atoms with Gasteiger partial charge in [-0.05, 0) is 26.0 Å². The molecule has 0 amide bonds. The van der Waals surface area contributed by atoms with E-state index in [1.165, 1.54) is 5.56 Å². The SMILES string of the molecule is Cc1noc(C)c1CN1CCN(Cc2nc(N)c3ccccc3n2)CC1. The van der Waals surface area contributed by atoms with E-state index in [0.717, 1.165) is 67.5 Å². The third-order valence-corrected chi connectivity index (χ3v) is 5.07. The molecule has 0 saturated carbocycles. The van der Waals surface area contributed by atoms with Gasteiger partial charge < -0.3 is 10.3 Å². The highest BCUT2D eigenvalue weighted by Crippen LogP contribution is 2.19. The van der Waals surface area contributed by atoms with Crippen molar-refractivity contribution in [2.45, 2.75) is 26.9 Å². The number of piperazine rings is 1. The molecule has 1 fully saturated rings. The first-order valence-corrected chi connectivity index (χ1v) is 8.98. The fraction of sp³-hybridized carbons (Fsp3) is 0.421. The van der Waals surface area contributed by atoms with Gasteiger partial charge in [-0.1, -0.05) is 17.3 Å². The van der Waals surface area contributed by atoms with Crippen molar-refractivity contribution in [2.24, 2.45) is 0 Å². The third kappa shape index (κ3) is 3.40. The minimum Gasteiger partial charge on any atom is -0.383 e. The van der Waals surface area contributed by atoms with Crippen molar-refractivity contribution in [2.75, 3.05) is 31.9 Å². The maximum Gasteiger partial charge on any atom is 0.145 e. The summed E-state index contributed by atoms with van der Waals surface area (Å²) in [6.45, 7) is 9.60. The highest BCUT2D eigenvalue weighted by atomic mass is 16.5. The number of nitrogens with zero attached hydrogens (tertiary/aromatic N) is 5. The second-order valence-electron chi connectivity index (χ2n) is 6.90. The monoisotopic (exact) mass is 352 g/mol. The van der Waals surface area contributed by atoms with E-state index in [-0.39, 0.29) is 0 Å². The lowest BCUT2D eigenvalue weighted by molar-refractivity contribution is 0.119. The van der Waals surface area contributed by atoms with Crippen LogP contribution in [-0.2, 0) is 13.1 Å². The van der Waals surface area contributed by atoms with Gasteiger partial charge in [-0.15, -0.1) is 0 Å². The first kappa shape index (κ1) is 16.9. The van der Waals surface area contributed by atoms with Crippen LogP contribution >= 0.6 is 0 Å². The lowest BCUT2D eigenvalue weighted by Crippen LogP contribution is -2.45. The maximum atomic E-state index is 6.10. The van der Waals surface area contributed by atoms with Crippen LogP contribution in [0, 0.1) is 13.8 Å². The molecule has 2 aromatic heterocycles. The molecule has 3 aromatic rings. The Balaban J connectivity index is 1.38. The predicted molar refractivity (Wildman–Crippen MR) is 100 cm³/mol. The number of nitrogen functional groups attached to an aromatic ring is 1. The summed E-state index contributed by atoms with van der Waals surface area (Å²) in [6.07, 6.45) is 0. The Bertz CT molecular complexity index is 894. The molecular formula is C19H24N6O. The van der Waals surface area contributed by atoms with Crippen LogP contribution in [0.3, 0.4) is 0 Å². The van der Waals surface area contributed by atoms with Gasteiger partial charge >= 0.3 is 0 Å². The van der Waals surface area contributed by atoms with Gasteiger partial charge in [0.05, 0.1) is 17.8 Å². The van der Waals surface area contributed by atoms with E-state index in [2.05, 4.69) is 24.9 Å². The molecule has 136 valence electrons. The first-order valence-electron chi connectivity index (χ1n) is 8.98. The maximum absolute atomic E-state index is 6.10. The minimum absolute atomic E-state index is 0.558. The molecule has 0 bridgehead atoms. The largest absolute Gasteiger partial charge is 0.383 e. The van der Waals surface area contributed by atoms with E-state index in [1.807, 2.05) is 38.1 Å². The van der Waals surface area contributed by atoms with Crippen molar-refractivity contribution in [3.05, 3.63) is 47.1 Å². The zero-order valence-electron chi connectivity index (χ0n) is 15.3. The smallest absolute Gasteiger partial charge is 0.145 e. The highest BCUT2D eigenvalue weighted by molar-refractivity contribution is 5.87. The van der Waals surface area contributed by atoms with Gasteiger partial charge in [-0.2, -0.15) is 0 Å². The average Bonchev–Trinajstić information content (AvgIpc) is 2.95. The molecule has 1 aliphatic rings. The van der Waals surface area contributed by atoms with Gasteiger partial charge in [0.25, 0.3) is 0 Å². The van der Waals surface area contributed by atoms with Gasteiger partial charge in [0.1, 0.15) is 17.4 Å². The van der Waals surface area contributed by atoms with Crippen molar-refractivity contribution in [1.29, 1.82) is 0 Å². The Morgan fingerprint density at radius 3 is 2.38 bits per heavy atom. The number of para-hydroxylation sites is 1. The van der Waals surface area contributed by atoms with Crippen molar-refractivity contribution in [1.82, 2.24) is 24.9 Å². The molecule has 1 aromatic carbocycles. The second kappa shape index (κ2) is 7.01. The van der Waals surface area contributed by atoms with E-state index in [9.17, 15) is 0 Å². The quantitative estimate of drug-likeness (QED) is 0.770. The lowest BCUT2D eigenvalue weighted by atomic mass is 10.2. The highest BCUT2D eigenvalue weighted by Gasteiger charge is 2.20. The fourth-order valence-electron chi connectivity index (χ4n) is 3.48. The summed E-state index contributed by atoms with van der Waals surface area (Å²) in [5.74, 6) is 2.27. The summed E-state index contributed by atoms with van der Waals surface area (Å²) in [5, 5.41) is 4.96. The minimum atomic E-state index is 0.558. The Morgan fingerprint density at radius 2 is 1.69 bits per heavy atom. The molecule has 7 nitrogen and oxygen atoms in total. The second-order valence-corrected chi connectivity index (χ2v) is 6.90. The molecule has 0 atom stereocenters. The molecular weight excluding hydrogens is 328 g/mol. The van der Waals surface area contributed by atoms with Crippen molar-refractivity contribution >= 4 is 16.7 Å². The van der Waals surface area contributed by atoms with E-state index in [0.29, 0.717) is 5.82 Å². The normalized spacial score (nSPS) is 16.4. The van der Waals surface area contributed by atoms with Crippen LogP contribution < -0.4 is 5.73 Å². The van der Waals surface area contributed by atoms with Gasteiger partial charge in [-0.25, -0.2) is 9.97 Å². The van der Waals surface area contributed by atoms with Crippen LogP contribution in [0.25, 0.3) is 10.9 Å². The van der Waals surface area contributed by atoms with Crippen molar-refractivity contribution in [3.63, 3.8) is 0 Å². The van der Waals surface area contributed by atoms with Gasteiger partial charge in [0.2, 0.25) is 0 Å². The molecule has 2 N–H and O–H groups in total. The number of hydrogen-bond acceptors (Lipinski definition) is 7. The van der Waals surface area contributed by atoms with Crippen molar-refractivity contribution < 1.29 is 4.52 Å². The molecule has 0 aliphatic carbocycles. The zero-order chi connectivity index (χ0) is 18.1. The molecule has 26 heavy (non-hydrogen) atoms. The number of aryl methyl sites for hydroxylation is 2. The molecule has 0 unspecified atom stereocenters. The van der Waals surface area contributed by atoms with Gasteiger partial charge in [0, 0.05) is 43.7 Å². The first-order chi connectivity index (χ1) is 12.6. The van der Waals surface area contributed by atoms with Crippen LogP contribution in [0.2, 0.25) is 0 Å². The fourth-order valence-corrected chi connectivity index (χ4v) is 3.48. The van der Waals surface area contributed by atoms with Crippen LogP contribution in [0.1, 0.15) is 22.8 Å². The molecule has 1 saturated heterocycles. The van der Waals surface area contributed by atoms with E-state index in [1.54, 1.807) is 0 Å². The Hall–Kier alpha value is -2.51. The summed E-state index contributed by atoms with van der Waals surface area (Å²) < 4.78 is 5.27. The number of aromatic nitrogens is 3. The topological polar surface area (TPSA) is 84.3 Å².